The summed E-state index contributed by atoms with van der Waals surface area (Å²) in [5.74, 6) is 3.23. The fourth-order valence-corrected chi connectivity index (χ4v) is 3.58. The molecule has 0 radical (unpaired) electrons. The van der Waals surface area contributed by atoms with Crippen LogP contribution in [0, 0.1) is 23.7 Å². The van der Waals surface area contributed by atoms with Crippen molar-refractivity contribution < 1.29 is 4.79 Å². The van der Waals surface area contributed by atoms with E-state index in [9.17, 15) is 4.79 Å². The Balaban J connectivity index is 1.37. The molecular formula is C14H24N2O. The molecule has 96 valence electrons. The van der Waals surface area contributed by atoms with Gasteiger partial charge in [0.05, 0.1) is 0 Å². The van der Waals surface area contributed by atoms with Gasteiger partial charge in [0.2, 0.25) is 5.91 Å². The van der Waals surface area contributed by atoms with E-state index in [1.165, 1.54) is 45.2 Å². The summed E-state index contributed by atoms with van der Waals surface area (Å²) < 4.78 is 0. The Kier molecular flexibility index (Phi) is 3.12. The molecule has 2 aliphatic carbocycles. The lowest BCUT2D eigenvalue weighted by atomic mass is 9.96. The molecule has 3 nitrogen and oxygen atoms in total. The lowest BCUT2D eigenvalue weighted by Gasteiger charge is -2.29. The van der Waals surface area contributed by atoms with Gasteiger partial charge < -0.3 is 10.2 Å². The maximum Gasteiger partial charge on any atom is 0.223 e. The second-order valence-corrected chi connectivity index (χ2v) is 6.42. The monoisotopic (exact) mass is 236 g/mol. The number of piperidine rings is 1. The van der Waals surface area contributed by atoms with E-state index >= 15 is 0 Å². The maximum absolute atomic E-state index is 12.0. The molecule has 0 bridgehead atoms. The van der Waals surface area contributed by atoms with Crippen molar-refractivity contribution >= 4 is 5.91 Å². The topological polar surface area (TPSA) is 32.3 Å². The van der Waals surface area contributed by atoms with Gasteiger partial charge in [-0.05, 0) is 70.0 Å². The first kappa shape index (κ1) is 11.5. The summed E-state index contributed by atoms with van der Waals surface area (Å²) in [7, 11) is 2.18. The average molecular weight is 236 g/mol. The minimum absolute atomic E-state index is 0.344. The molecule has 0 aromatic heterocycles. The molecule has 1 saturated heterocycles. The predicted octanol–water partition coefficient (Wildman–Crippen LogP) is 1.49. The molecule has 3 heteroatoms. The van der Waals surface area contributed by atoms with Crippen molar-refractivity contribution in [2.75, 3.05) is 26.7 Å². The average Bonchev–Trinajstić information content (AvgIpc) is 2.95. The van der Waals surface area contributed by atoms with Crippen molar-refractivity contribution in [1.29, 1.82) is 0 Å². The number of nitrogens with zero attached hydrogens (tertiary/aromatic N) is 1. The van der Waals surface area contributed by atoms with E-state index < -0.39 is 0 Å². The van der Waals surface area contributed by atoms with Crippen LogP contribution in [-0.2, 0) is 4.79 Å². The quantitative estimate of drug-likeness (QED) is 0.805. The molecular weight excluding hydrogens is 212 g/mol. The molecule has 1 heterocycles. The van der Waals surface area contributed by atoms with Gasteiger partial charge in [-0.3, -0.25) is 4.79 Å². The first-order valence-electron chi connectivity index (χ1n) is 7.18. The largest absolute Gasteiger partial charge is 0.356 e. The summed E-state index contributed by atoms with van der Waals surface area (Å²) in [6.07, 6.45) is 6.23. The summed E-state index contributed by atoms with van der Waals surface area (Å²) in [6, 6.07) is 0. The van der Waals surface area contributed by atoms with E-state index in [1.807, 2.05) is 0 Å². The number of carbonyl (C=O) groups excluding carboxylic acids is 1. The van der Waals surface area contributed by atoms with E-state index in [1.54, 1.807) is 0 Å². The highest BCUT2D eigenvalue weighted by Crippen LogP contribution is 2.54. The molecule has 1 N–H and O–H groups in total. The van der Waals surface area contributed by atoms with Gasteiger partial charge in [0.25, 0.3) is 0 Å². The minimum Gasteiger partial charge on any atom is -0.356 e. The fraction of sp³-hybridized carbons (Fsp3) is 0.929. The molecule has 3 rings (SSSR count). The van der Waals surface area contributed by atoms with Gasteiger partial charge in [-0.1, -0.05) is 0 Å². The Labute approximate surface area is 104 Å². The number of carbonyl (C=O) groups is 1. The normalized spacial score (nSPS) is 37.8. The maximum atomic E-state index is 12.0. The third-order valence-electron chi connectivity index (χ3n) is 5.02. The van der Waals surface area contributed by atoms with Crippen molar-refractivity contribution in [3.63, 3.8) is 0 Å². The zero-order valence-electron chi connectivity index (χ0n) is 10.8. The highest BCUT2D eigenvalue weighted by atomic mass is 16.1. The van der Waals surface area contributed by atoms with Gasteiger partial charge in [0.1, 0.15) is 0 Å². The first-order valence-corrected chi connectivity index (χ1v) is 7.18. The molecule has 17 heavy (non-hydrogen) atoms. The molecule has 0 aromatic rings. The Morgan fingerprint density at radius 1 is 1.18 bits per heavy atom. The van der Waals surface area contributed by atoms with Crippen LogP contribution in [0.5, 0.6) is 0 Å². The highest BCUT2D eigenvalue weighted by Gasteiger charge is 2.47. The lowest BCUT2D eigenvalue weighted by molar-refractivity contribution is -0.125. The number of fused-ring (bicyclic) bond motifs is 1. The van der Waals surface area contributed by atoms with Crippen LogP contribution in [-0.4, -0.2) is 37.5 Å². The Bertz CT molecular complexity index is 287. The van der Waals surface area contributed by atoms with Crippen molar-refractivity contribution in [2.24, 2.45) is 23.7 Å². The first-order chi connectivity index (χ1) is 8.22. The predicted molar refractivity (Wildman–Crippen MR) is 67.6 cm³/mol. The van der Waals surface area contributed by atoms with Gasteiger partial charge in [-0.15, -0.1) is 0 Å². The Hall–Kier alpha value is -0.570. The third-order valence-corrected chi connectivity index (χ3v) is 5.02. The van der Waals surface area contributed by atoms with E-state index in [4.69, 9.17) is 0 Å². The van der Waals surface area contributed by atoms with Gasteiger partial charge in [-0.25, -0.2) is 0 Å². The summed E-state index contributed by atoms with van der Waals surface area (Å²) in [6.45, 7) is 3.29. The number of likely N-dealkylation sites (tertiary alicyclic amines) is 1. The van der Waals surface area contributed by atoms with Crippen LogP contribution in [0.4, 0.5) is 0 Å². The smallest absolute Gasteiger partial charge is 0.223 e. The number of rotatable bonds is 3. The molecule has 2 unspecified atom stereocenters. The van der Waals surface area contributed by atoms with Crippen molar-refractivity contribution in [1.82, 2.24) is 10.2 Å². The highest BCUT2D eigenvalue weighted by molar-refractivity contribution is 5.79. The Morgan fingerprint density at radius 3 is 2.47 bits per heavy atom. The summed E-state index contributed by atoms with van der Waals surface area (Å²) in [5, 5.41) is 3.19. The van der Waals surface area contributed by atoms with Crippen LogP contribution in [0.1, 0.15) is 32.1 Å². The van der Waals surface area contributed by atoms with Crippen molar-refractivity contribution in [2.45, 2.75) is 32.1 Å². The van der Waals surface area contributed by atoms with Crippen LogP contribution >= 0.6 is 0 Å². The van der Waals surface area contributed by atoms with Crippen molar-refractivity contribution in [3.8, 4) is 0 Å². The molecule has 0 aromatic carbocycles. The Morgan fingerprint density at radius 2 is 1.82 bits per heavy atom. The van der Waals surface area contributed by atoms with Gasteiger partial charge in [0.15, 0.2) is 0 Å². The zero-order chi connectivity index (χ0) is 11.8. The fourth-order valence-electron chi connectivity index (χ4n) is 3.58. The van der Waals surface area contributed by atoms with Crippen molar-refractivity contribution in [3.05, 3.63) is 0 Å². The molecule has 1 aliphatic heterocycles. The van der Waals surface area contributed by atoms with Gasteiger partial charge >= 0.3 is 0 Å². The summed E-state index contributed by atoms with van der Waals surface area (Å²) in [5.41, 5.74) is 0. The second kappa shape index (κ2) is 4.60. The summed E-state index contributed by atoms with van der Waals surface area (Å²) in [4.78, 5) is 14.4. The number of hydrogen-bond acceptors (Lipinski definition) is 2. The molecule has 2 atom stereocenters. The molecule has 1 amide bonds. The molecule has 3 aliphatic rings. The van der Waals surface area contributed by atoms with Crippen LogP contribution in [0.3, 0.4) is 0 Å². The lowest BCUT2D eigenvalue weighted by Crippen LogP contribution is -2.38. The molecule has 0 spiro atoms. The number of amides is 1. The van der Waals surface area contributed by atoms with E-state index in [0.717, 1.165) is 18.4 Å². The number of hydrogen-bond donors (Lipinski definition) is 1. The van der Waals surface area contributed by atoms with Crippen LogP contribution < -0.4 is 5.32 Å². The zero-order valence-corrected chi connectivity index (χ0v) is 10.8. The van der Waals surface area contributed by atoms with E-state index in [2.05, 4.69) is 17.3 Å². The summed E-state index contributed by atoms with van der Waals surface area (Å²) >= 11 is 0. The van der Waals surface area contributed by atoms with E-state index in [-0.39, 0.29) is 0 Å². The minimum atomic E-state index is 0.344. The third kappa shape index (κ3) is 2.65. The number of nitrogens with one attached hydrogen (secondary N) is 1. The molecule has 2 saturated carbocycles. The standard InChI is InChI=1S/C14H24N2O/c1-16-4-2-10(3-5-16)9-15-14(17)13-7-11-6-12(11)8-13/h10-13H,2-9H2,1H3,(H,15,17). The van der Waals surface area contributed by atoms with Crippen LogP contribution in [0.2, 0.25) is 0 Å². The van der Waals surface area contributed by atoms with Crippen LogP contribution in [0.15, 0.2) is 0 Å². The SMILES string of the molecule is CN1CCC(CNC(=O)C2CC3CC3C2)CC1. The molecule has 3 fully saturated rings. The van der Waals surface area contributed by atoms with E-state index in [0.29, 0.717) is 17.7 Å². The van der Waals surface area contributed by atoms with Crippen LogP contribution in [0.25, 0.3) is 0 Å². The van der Waals surface area contributed by atoms with Gasteiger partial charge in [0, 0.05) is 12.5 Å². The second-order valence-electron chi connectivity index (χ2n) is 6.42. The van der Waals surface area contributed by atoms with Gasteiger partial charge in [-0.2, -0.15) is 0 Å².